The number of carbonyl (C=O) groups is 2. The second kappa shape index (κ2) is 11.0. The number of morpholine rings is 1. The Hall–Kier alpha value is -1.88. The summed E-state index contributed by atoms with van der Waals surface area (Å²) in [4.78, 5) is 26.9. The molecule has 0 radical (unpaired) electrons. The monoisotopic (exact) mass is 360 g/mol. The quantitative estimate of drug-likeness (QED) is 0.689. The third-order valence-electron chi connectivity index (χ3n) is 4.63. The number of nitrogens with one attached hydrogen (secondary N) is 1. The van der Waals surface area contributed by atoms with E-state index in [-0.39, 0.29) is 11.8 Å². The molecule has 144 valence electrons. The number of ether oxygens (including phenoxy) is 1. The van der Waals surface area contributed by atoms with Gasteiger partial charge in [-0.1, -0.05) is 44.2 Å². The highest BCUT2D eigenvalue weighted by atomic mass is 16.5. The molecule has 1 N–H and O–H groups in total. The lowest BCUT2D eigenvalue weighted by atomic mass is 10.0. The minimum absolute atomic E-state index is 0.0229. The first-order valence-electron chi connectivity index (χ1n) is 9.76. The number of nitrogens with zero attached hydrogens (tertiary/aromatic N) is 1. The Morgan fingerprint density at radius 1 is 1.12 bits per heavy atom. The van der Waals surface area contributed by atoms with Crippen molar-refractivity contribution in [2.75, 3.05) is 26.3 Å². The Kier molecular flexibility index (Phi) is 8.62. The number of hydrogen-bond donors (Lipinski definition) is 1. The van der Waals surface area contributed by atoms with E-state index in [9.17, 15) is 9.59 Å². The Morgan fingerprint density at radius 3 is 2.46 bits per heavy atom. The molecule has 1 fully saturated rings. The number of unbranched alkanes of at least 4 members (excludes halogenated alkanes) is 1. The molecule has 26 heavy (non-hydrogen) atoms. The average molecular weight is 360 g/mol. The molecule has 5 heteroatoms. The van der Waals surface area contributed by atoms with Crippen LogP contribution in [0.25, 0.3) is 0 Å². The first-order valence-corrected chi connectivity index (χ1v) is 9.76. The van der Waals surface area contributed by atoms with E-state index in [0.29, 0.717) is 45.1 Å². The zero-order chi connectivity index (χ0) is 18.8. The molecule has 1 saturated heterocycles. The fourth-order valence-corrected chi connectivity index (χ4v) is 3.22. The van der Waals surface area contributed by atoms with Gasteiger partial charge in [0.15, 0.2) is 0 Å². The molecule has 1 aliphatic heterocycles. The predicted octanol–water partition coefficient (Wildman–Crippen LogP) is 2.79. The summed E-state index contributed by atoms with van der Waals surface area (Å²) in [7, 11) is 0. The molecule has 0 bridgehead atoms. The summed E-state index contributed by atoms with van der Waals surface area (Å²) in [6.45, 7) is 6.53. The number of benzene rings is 1. The number of amides is 2. The van der Waals surface area contributed by atoms with Crippen molar-refractivity contribution in [1.82, 2.24) is 10.2 Å². The standard InChI is InChI=1S/C21H32N2O3/c1-17(2)16-19(21(25)23-12-14-26-15-13-23)22-20(24)11-7-6-10-18-8-4-3-5-9-18/h3-5,8-9,17,19H,6-7,10-16H2,1-2H3,(H,22,24)/t19-/m0/s1. The van der Waals surface area contributed by atoms with E-state index in [1.807, 2.05) is 23.1 Å². The van der Waals surface area contributed by atoms with Crippen LogP contribution in [0.5, 0.6) is 0 Å². The summed E-state index contributed by atoms with van der Waals surface area (Å²) in [5.74, 6) is 0.355. The molecule has 2 amide bonds. The highest BCUT2D eigenvalue weighted by Crippen LogP contribution is 2.11. The van der Waals surface area contributed by atoms with Crippen LogP contribution >= 0.6 is 0 Å². The van der Waals surface area contributed by atoms with Gasteiger partial charge in [-0.2, -0.15) is 0 Å². The molecule has 1 aromatic carbocycles. The van der Waals surface area contributed by atoms with Gasteiger partial charge in [-0.15, -0.1) is 0 Å². The Bertz CT molecular complexity index is 554. The molecule has 0 unspecified atom stereocenters. The average Bonchev–Trinajstić information content (AvgIpc) is 2.65. The van der Waals surface area contributed by atoms with Crippen molar-refractivity contribution < 1.29 is 14.3 Å². The number of carbonyl (C=O) groups excluding carboxylic acids is 2. The molecule has 0 aliphatic carbocycles. The van der Waals surface area contributed by atoms with Gasteiger partial charge in [-0.05, 0) is 37.2 Å². The fraction of sp³-hybridized carbons (Fsp3) is 0.619. The molecular formula is C21H32N2O3. The van der Waals surface area contributed by atoms with E-state index in [2.05, 4.69) is 31.3 Å². The third kappa shape index (κ3) is 7.16. The highest BCUT2D eigenvalue weighted by molar-refractivity contribution is 5.87. The second-order valence-corrected chi connectivity index (χ2v) is 7.38. The number of hydrogen-bond acceptors (Lipinski definition) is 3. The highest BCUT2D eigenvalue weighted by Gasteiger charge is 2.27. The summed E-state index contributed by atoms with van der Waals surface area (Å²) < 4.78 is 5.31. The van der Waals surface area contributed by atoms with E-state index in [0.717, 1.165) is 19.3 Å². The lowest BCUT2D eigenvalue weighted by Crippen LogP contribution is -2.52. The Morgan fingerprint density at radius 2 is 1.81 bits per heavy atom. The van der Waals surface area contributed by atoms with E-state index in [1.54, 1.807) is 0 Å². The van der Waals surface area contributed by atoms with Crippen molar-refractivity contribution in [3.8, 4) is 0 Å². The minimum Gasteiger partial charge on any atom is -0.378 e. The molecular weight excluding hydrogens is 328 g/mol. The lowest BCUT2D eigenvalue weighted by Gasteiger charge is -2.31. The first kappa shape index (κ1) is 20.4. The van der Waals surface area contributed by atoms with Gasteiger partial charge in [-0.3, -0.25) is 9.59 Å². The molecule has 1 heterocycles. The molecule has 0 saturated carbocycles. The topological polar surface area (TPSA) is 58.6 Å². The maximum absolute atomic E-state index is 12.7. The maximum atomic E-state index is 12.7. The van der Waals surface area contributed by atoms with Gasteiger partial charge in [-0.25, -0.2) is 0 Å². The largest absolute Gasteiger partial charge is 0.378 e. The lowest BCUT2D eigenvalue weighted by molar-refractivity contribution is -0.140. The molecule has 1 atom stereocenters. The van der Waals surface area contributed by atoms with Gasteiger partial charge >= 0.3 is 0 Å². The normalized spacial score (nSPS) is 15.7. The summed E-state index contributed by atoms with van der Waals surface area (Å²) in [6.07, 6.45) is 3.94. The maximum Gasteiger partial charge on any atom is 0.245 e. The van der Waals surface area contributed by atoms with Gasteiger partial charge in [0.1, 0.15) is 6.04 Å². The van der Waals surface area contributed by atoms with Crippen molar-refractivity contribution in [2.45, 2.75) is 52.0 Å². The Labute approximate surface area is 157 Å². The van der Waals surface area contributed by atoms with Crippen molar-refractivity contribution in [2.24, 2.45) is 5.92 Å². The van der Waals surface area contributed by atoms with Crippen molar-refractivity contribution in [1.29, 1.82) is 0 Å². The van der Waals surface area contributed by atoms with Gasteiger partial charge in [0.25, 0.3) is 0 Å². The van der Waals surface area contributed by atoms with Crippen LogP contribution in [0.3, 0.4) is 0 Å². The third-order valence-corrected chi connectivity index (χ3v) is 4.63. The number of aryl methyl sites for hydroxylation is 1. The minimum atomic E-state index is -0.422. The summed E-state index contributed by atoms with van der Waals surface area (Å²) in [5.41, 5.74) is 1.30. The van der Waals surface area contributed by atoms with E-state index in [4.69, 9.17) is 4.74 Å². The van der Waals surface area contributed by atoms with Crippen LogP contribution in [0.1, 0.15) is 45.1 Å². The van der Waals surface area contributed by atoms with Crippen LogP contribution in [-0.4, -0.2) is 49.1 Å². The van der Waals surface area contributed by atoms with Crippen LogP contribution in [0.4, 0.5) is 0 Å². The van der Waals surface area contributed by atoms with Gasteiger partial charge < -0.3 is 15.0 Å². The molecule has 2 rings (SSSR count). The molecule has 5 nitrogen and oxygen atoms in total. The first-order chi connectivity index (χ1) is 12.6. The zero-order valence-electron chi connectivity index (χ0n) is 16.1. The molecule has 0 aromatic heterocycles. The van der Waals surface area contributed by atoms with Crippen molar-refractivity contribution in [3.63, 3.8) is 0 Å². The van der Waals surface area contributed by atoms with Crippen LogP contribution in [0.2, 0.25) is 0 Å². The van der Waals surface area contributed by atoms with Gasteiger partial charge in [0, 0.05) is 19.5 Å². The van der Waals surface area contributed by atoms with Gasteiger partial charge in [0.05, 0.1) is 13.2 Å². The van der Waals surface area contributed by atoms with Crippen molar-refractivity contribution in [3.05, 3.63) is 35.9 Å². The second-order valence-electron chi connectivity index (χ2n) is 7.38. The van der Waals surface area contributed by atoms with Gasteiger partial charge in [0.2, 0.25) is 11.8 Å². The molecule has 1 aromatic rings. The summed E-state index contributed by atoms with van der Waals surface area (Å²) >= 11 is 0. The van der Waals surface area contributed by atoms with Crippen LogP contribution < -0.4 is 5.32 Å². The molecule has 1 aliphatic rings. The van der Waals surface area contributed by atoms with Crippen molar-refractivity contribution >= 4 is 11.8 Å². The van der Waals surface area contributed by atoms with Crippen LogP contribution in [0, 0.1) is 5.92 Å². The molecule has 0 spiro atoms. The predicted molar refractivity (Wildman–Crippen MR) is 103 cm³/mol. The summed E-state index contributed by atoms with van der Waals surface area (Å²) in [6, 6.07) is 9.89. The van der Waals surface area contributed by atoms with Crippen LogP contribution in [-0.2, 0) is 20.7 Å². The number of rotatable bonds is 9. The SMILES string of the molecule is CC(C)C[C@H](NC(=O)CCCCc1ccccc1)C(=O)N1CCOCC1. The van der Waals surface area contributed by atoms with E-state index in [1.165, 1.54) is 5.56 Å². The smallest absolute Gasteiger partial charge is 0.245 e. The fourth-order valence-electron chi connectivity index (χ4n) is 3.22. The van der Waals surface area contributed by atoms with E-state index < -0.39 is 6.04 Å². The Balaban J connectivity index is 1.76. The van der Waals surface area contributed by atoms with E-state index >= 15 is 0 Å². The van der Waals surface area contributed by atoms with Crippen LogP contribution in [0.15, 0.2) is 30.3 Å². The zero-order valence-corrected chi connectivity index (χ0v) is 16.1. The summed E-state index contributed by atoms with van der Waals surface area (Å²) in [5, 5.41) is 2.97.